The minimum absolute atomic E-state index is 0.122. The van der Waals surface area contributed by atoms with Crippen LogP contribution in [0.3, 0.4) is 0 Å². The monoisotopic (exact) mass is 291 g/mol. The minimum atomic E-state index is 0.122. The molecule has 0 unspecified atom stereocenters. The van der Waals surface area contributed by atoms with Crippen molar-refractivity contribution < 1.29 is 4.79 Å². The molecular weight excluding hydrogens is 274 g/mol. The third kappa shape index (κ3) is 3.46. The van der Waals surface area contributed by atoms with Crippen LogP contribution in [0.2, 0.25) is 5.02 Å². The number of rotatable bonds is 5. The van der Waals surface area contributed by atoms with Crippen molar-refractivity contribution in [2.75, 3.05) is 20.6 Å². The van der Waals surface area contributed by atoms with Gasteiger partial charge >= 0.3 is 0 Å². The van der Waals surface area contributed by atoms with E-state index in [1.165, 1.54) is 0 Å². The molecule has 1 N–H and O–H groups in total. The molecule has 0 aliphatic heterocycles. The lowest BCUT2D eigenvalue weighted by atomic mass is 10.1. The zero-order valence-corrected chi connectivity index (χ0v) is 12.4. The fourth-order valence-electron chi connectivity index (χ4n) is 1.98. The predicted molar refractivity (Wildman–Crippen MR) is 81.8 cm³/mol. The minimum Gasteiger partial charge on any atom is -0.349 e. The number of amides is 1. The molecule has 0 atom stereocenters. The molecule has 5 heteroatoms. The fourth-order valence-corrected chi connectivity index (χ4v) is 2.20. The van der Waals surface area contributed by atoms with Gasteiger partial charge < -0.3 is 10.2 Å². The van der Waals surface area contributed by atoms with Crippen LogP contribution in [0, 0.1) is 0 Å². The van der Waals surface area contributed by atoms with Crippen molar-refractivity contribution in [3.63, 3.8) is 0 Å². The van der Waals surface area contributed by atoms with E-state index in [-0.39, 0.29) is 5.91 Å². The lowest BCUT2D eigenvalue weighted by Gasteiger charge is -2.11. The SMILES string of the molecule is CN(C)C(=O)CCNCc1ccc(Cl)c2cccnc12. The Hall–Kier alpha value is -1.65. The number of hydrogen-bond donors (Lipinski definition) is 1. The molecule has 0 saturated carbocycles. The molecule has 1 aromatic carbocycles. The van der Waals surface area contributed by atoms with Gasteiger partial charge in [0.1, 0.15) is 0 Å². The number of nitrogens with one attached hydrogen (secondary N) is 1. The number of halogens is 1. The molecule has 106 valence electrons. The first-order valence-electron chi connectivity index (χ1n) is 6.52. The Bertz CT molecular complexity index is 613. The van der Waals surface area contributed by atoms with E-state index in [0.717, 1.165) is 16.5 Å². The molecule has 0 saturated heterocycles. The standard InChI is InChI=1S/C15H18ClN3O/c1-19(2)14(20)7-9-17-10-11-5-6-13(16)12-4-3-8-18-15(11)12/h3-6,8,17H,7,9-10H2,1-2H3. The molecule has 2 aromatic rings. The van der Waals surface area contributed by atoms with E-state index in [0.29, 0.717) is 24.5 Å². The maximum atomic E-state index is 11.5. The quantitative estimate of drug-likeness (QED) is 0.861. The van der Waals surface area contributed by atoms with Gasteiger partial charge in [0.15, 0.2) is 0 Å². The Morgan fingerprint density at radius 2 is 2.15 bits per heavy atom. The summed E-state index contributed by atoms with van der Waals surface area (Å²) in [6.07, 6.45) is 2.25. The van der Waals surface area contributed by atoms with E-state index in [9.17, 15) is 4.79 Å². The summed E-state index contributed by atoms with van der Waals surface area (Å²) in [4.78, 5) is 17.4. The molecule has 20 heavy (non-hydrogen) atoms. The third-order valence-corrected chi connectivity index (χ3v) is 3.46. The van der Waals surface area contributed by atoms with E-state index in [1.807, 2.05) is 24.3 Å². The third-order valence-electron chi connectivity index (χ3n) is 3.13. The number of hydrogen-bond acceptors (Lipinski definition) is 3. The molecule has 1 heterocycles. The maximum absolute atomic E-state index is 11.5. The Balaban J connectivity index is 2.00. The van der Waals surface area contributed by atoms with Gasteiger partial charge in [-0.1, -0.05) is 17.7 Å². The second-order valence-corrected chi connectivity index (χ2v) is 5.23. The molecule has 0 bridgehead atoms. The first kappa shape index (κ1) is 14.8. The lowest BCUT2D eigenvalue weighted by molar-refractivity contribution is -0.128. The highest BCUT2D eigenvalue weighted by Gasteiger charge is 2.06. The van der Waals surface area contributed by atoms with Crippen LogP contribution in [-0.2, 0) is 11.3 Å². The first-order valence-corrected chi connectivity index (χ1v) is 6.90. The summed E-state index contributed by atoms with van der Waals surface area (Å²) < 4.78 is 0. The van der Waals surface area contributed by atoms with Crippen LogP contribution in [-0.4, -0.2) is 36.4 Å². The smallest absolute Gasteiger partial charge is 0.223 e. The summed E-state index contributed by atoms with van der Waals surface area (Å²) in [6, 6.07) is 7.69. The molecule has 0 fully saturated rings. The van der Waals surface area contributed by atoms with Crippen LogP contribution in [0.25, 0.3) is 10.9 Å². The van der Waals surface area contributed by atoms with Crippen molar-refractivity contribution in [2.24, 2.45) is 0 Å². The molecule has 0 radical (unpaired) electrons. The molecule has 2 rings (SSSR count). The van der Waals surface area contributed by atoms with Gasteiger partial charge in [-0.25, -0.2) is 0 Å². The van der Waals surface area contributed by atoms with Crippen LogP contribution in [0.5, 0.6) is 0 Å². The van der Waals surface area contributed by atoms with Crippen LogP contribution in [0.15, 0.2) is 30.5 Å². The van der Waals surface area contributed by atoms with Gasteiger partial charge in [-0.05, 0) is 23.8 Å². The highest BCUT2D eigenvalue weighted by molar-refractivity contribution is 6.35. The number of carbonyl (C=O) groups is 1. The van der Waals surface area contributed by atoms with E-state index in [2.05, 4.69) is 10.3 Å². The Morgan fingerprint density at radius 1 is 1.35 bits per heavy atom. The van der Waals surface area contributed by atoms with Crippen LogP contribution >= 0.6 is 11.6 Å². The predicted octanol–water partition coefficient (Wildman–Crippen LogP) is 2.46. The number of nitrogens with zero attached hydrogens (tertiary/aromatic N) is 2. The molecule has 1 aromatic heterocycles. The molecule has 0 aliphatic carbocycles. The van der Waals surface area contributed by atoms with Gasteiger partial charge in [0.2, 0.25) is 5.91 Å². The Labute approximate surface area is 123 Å². The topological polar surface area (TPSA) is 45.2 Å². The zero-order chi connectivity index (χ0) is 14.5. The van der Waals surface area contributed by atoms with Crippen molar-refractivity contribution in [3.8, 4) is 0 Å². The van der Waals surface area contributed by atoms with E-state index in [1.54, 1.807) is 25.2 Å². The molecule has 0 spiro atoms. The van der Waals surface area contributed by atoms with Crippen LogP contribution in [0.4, 0.5) is 0 Å². The van der Waals surface area contributed by atoms with Crippen molar-refractivity contribution >= 4 is 28.4 Å². The molecule has 1 amide bonds. The first-order chi connectivity index (χ1) is 9.59. The summed E-state index contributed by atoms with van der Waals surface area (Å²) in [5, 5.41) is 4.93. The van der Waals surface area contributed by atoms with Gasteiger partial charge in [0.05, 0.1) is 5.52 Å². The van der Waals surface area contributed by atoms with Gasteiger partial charge in [0, 0.05) is 50.2 Å². The number of carbonyl (C=O) groups excluding carboxylic acids is 1. The van der Waals surface area contributed by atoms with Gasteiger partial charge in [0.25, 0.3) is 0 Å². The second-order valence-electron chi connectivity index (χ2n) is 4.82. The highest BCUT2D eigenvalue weighted by atomic mass is 35.5. The van der Waals surface area contributed by atoms with Crippen LogP contribution in [0.1, 0.15) is 12.0 Å². The summed E-state index contributed by atoms with van der Waals surface area (Å²) in [5.41, 5.74) is 1.99. The number of benzene rings is 1. The average molecular weight is 292 g/mol. The lowest BCUT2D eigenvalue weighted by Crippen LogP contribution is -2.26. The van der Waals surface area contributed by atoms with Crippen molar-refractivity contribution in [1.29, 1.82) is 0 Å². The number of aromatic nitrogens is 1. The van der Waals surface area contributed by atoms with Crippen molar-refractivity contribution in [1.82, 2.24) is 15.2 Å². The molecule has 4 nitrogen and oxygen atoms in total. The van der Waals surface area contributed by atoms with Crippen molar-refractivity contribution in [3.05, 3.63) is 41.0 Å². The summed E-state index contributed by atoms with van der Waals surface area (Å²) in [5.74, 6) is 0.122. The second kappa shape index (κ2) is 6.68. The summed E-state index contributed by atoms with van der Waals surface area (Å²) >= 11 is 6.16. The fraction of sp³-hybridized carbons (Fsp3) is 0.333. The summed E-state index contributed by atoms with van der Waals surface area (Å²) in [6.45, 7) is 1.32. The number of pyridine rings is 1. The van der Waals surface area contributed by atoms with Crippen molar-refractivity contribution in [2.45, 2.75) is 13.0 Å². The molecule has 0 aliphatic rings. The van der Waals surface area contributed by atoms with Gasteiger partial charge in [-0.15, -0.1) is 0 Å². The maximum Gasteiger partial charge on any atom is 0.223 e. The Kier molecular flexibility index (Phi) is 4.93. The van der Waals surface area contributed by atoms with E-state index >= 15 is 0 Å². The normalized spacial score (nSPS) is 10.8. The molecular formula is C15H18ClN3O. The van der Waals surface area contributed by atoms with Gasteiger partial charge in [-0.3, -0.25) is 9.78 Å². The van der Waals surface area contributed by atoms with E-state index in [4.69, 9.17) is 11.6 Å². The Morgan fingerprint density at radius 3 is 2.90 bits per heavy atom. The number of fused-ring (bicyclic) bond motifs is 1. The van der Waals surface area contributed by atoms with Crippen LogP contribution < -0.4 is 5.32 Å². The zero-order valence-electron chi connectivity index (χ0n) is 11.7. The summed E-state index contributed by atoms with van der Waals surface area (Å²) in [7, 11) is 3.53. The van der Waals surface area contributed by atoms with E-state index < -0.39 is 0 Å². The van der Waals surface area contributed by atoms with Gasteiger partial charge in [-0.2, -0.15) is 0 Å². The average Bonchev–Trinajstić information content (AvgIpc) is 2.45. The highest BCUT2D eigenvalue weighted by Crippen LogP contribution is 2.24. The largest absolute Gasteiger partial charge is 0.349 e.